The van der Waals surface area contributed by atoms with Gasteiger partial charge in [0.25, 0.3) is 11.8 Å². The predicted molar refractivity (Wildman–Crippen MR) is 133 cm³/mol. The van der Waals surface area contributed by atoms with Crippen molar-refractivity contribution in [2.24, 2.45) is 0 Å². The molecule has 0 spiro atoms. The Morgan fingerprint density at radius 2 is 1.86 bits per heavy atom. The van der Waals surface area contributed by atoms with Crippen molar-refractivity contribution in [2.75, 3.05) is 29.9 Å². The highest BCUT2D eigenvalue weighted by atomic mass is 35.5. The average molecular weight is 517 g/mol. The molecule has 5 rings (SSSR count). The number of amides is 2. The van der Waals surface area contributed by atoms with Gasteiger partial charge in [-0.1, -0.05) is 11.6 Å². The first-order valence-corrected chi connectivity index (χ1v) is 12.5. The van der Waals surface area contributed by atoms with Crippen LogP contribution in [0.25, 0.3) is 5.65 Å². The molecule has 0 saturated carbocycles. The van der Waals surface area contributed by atoms with Crippen LogP contribution in [0.1, 0.15) is 59.8 Å². The summed E-state index contributed by atoms with van der Waals surface area (Å²) < 4.78 is 27.5. The molecular weight excluding hydrogens is 490 g/mol. The Balaban J connectivity index is 1.47. The maximum Gasteiger partial charge on any atom is 0.315 e. The summed E-state index contributed by atoms with van der Waals surface area (Å²) >= 11 is 6.13. The first kappa shape index (κ1) is 24.4. The van der Waals surface area contributed by atoms with Gasteiger partial charge in [-0.15, -0.1) is 0 Å². The summed E-state index contributed by atoms with van der Waals surface area (Å²) in [6.07, 6.45) is 3.48. The summed E-state index contributed by atoms with van der Waals surface area (Å²) in [6, 6.07) is 5.80. The minimum atomic E-state index is -3.20. The lowest BCUT2D eigenvalue weighted by molar-refractivity contribution is -0.126. The summed E-state index contributed by atoms with van der Waals surface area (Å²) in [5.74, 6) is -0.913. The number of alkyl halides is 2. The average Bonchev–Trinajstić information content (AvgIpc) is 3.54. The number of aryl methyl sites for hydroxylation is 1. The van der Waals surface area contributed by atoms with E-state index in [-0.39, 0.29) is 22.3 Å². The van der Waals surface area contributed by atoms with Crippen LogP contribution < -0.4 is 10.2 Å². The Morgan fingerprint density at radius 1 is 1.11 bits per heavy atom. The van der Waals surface area contributed by atoms with E-state index in [2.05, 4.69) is 10.2 Å². The summed E-state index contributed by atoms with van der Waals surface area (Å²) in [4.78, 5) is 34.1. The van der Waals surface area contributed by atoms with Gasteiger partial charge >= 0.3 is 6.43 Å². The smallest absolute Gasteiger partial charge is 0.315 e. The number of nitrogens with one attached hydrogen (secondary N) is 1. The van der Waals surface area contributed by atoms with E-state index in [9.17, 15) is 18.4 Å². The summed E-state index contributed by atoms with van der Waals surface area (Å²) in [5.41, 5.74) is 2.53. The fourth-order valence-electron chi connectivity index (χ4n) is 5.06. The molecule has 2 amide bonds. The zero-order valence-corrected chi connectivity index (χ0v) is 20.6. The Morgan fingerprint density at radius 3 is 2.61 bits per heavy atom. The standard InChI is InChI=1S/C25H27ClF2N6O2/c1-15-14-34-21(30-23(15)32-9-4-5-10-32)13-19(31-34)20-6-2-3-11-33(20)25(36)17-12-16(26)7-8-18(17)29-24(35)22(27)28/h7-8,12-14,20,22H,2-6,9-11H2,1H3,(H,29,35)/t20-/m0/s1. The fourth-order valence-corrected chi connectivity index (χ4v) is 5.23. The van der Waals surface area contributed by atoms with Gasteiger partial charge in [0.05, 0.1) is 23.0 Å². The van der Waals surface area contributed by atoms with Gasteiger partial charge < -0.3 is 15.1 Å². The molecule has 0 unspecified atom stereocenters. The molecule has 2 aliphatic heterocycles. The van der Waals surface area contributed by atoms with E-state index >= 15 is 0 Å². The van der Waals surface area contributed by atoms with Crippen molar-refractivity contribution < 1.29 is 18.4 Å². The molecule has 1 aromatic carbocycles. The number of halogens is 3. The van der Waals surface area contributed by atoms with Gasteiger partial charge in [0, 0.05) is 42.5 Å². The van der Waals surface area contributed by atoms with E-state index < -0.39 is 18.2 Å². The zero-order chi connectivity index (χ0) is 25.4. The van der Waals surface area contributed by atoms with E-state index in [1.165, 1.54) is 18.2 Å². The monoisotopic (exact) mass is 516 g/mol. The van der Waals surface area contributed by atoms with Crippen LogP contribution in [0.15, 0.2) is 30.5 Å². The lowest BCUT2D eigenvalue weighted by atomic mass is 9.98. The maximum absolute atomic E-state index is 13.7. The topological polar surface area (TPSA) is 82.8 Å². The van der Waals surface area contributed by atoms with E-state index in [4.69, 9.17) is 21.7 Å². The van der Waals surface area contributed by atoms with Gasteiger partial charge in [0.2, 0.25) is 0 Å². The van der Waals surface area contributed by atoms with E-state index in [0.29, 0.717) is 24.3 Å². The molecule has 8 nitrogen and oxygen atoms in total. The number of hydrogen-bond donors (Lipinski definition) is 1. The lowest BCUT2D eigenvalue weighted by Crippen LogP contribution is -2.39. The number of carbonyl (C=O) groups is 2. The highest BCUT2D eigenvalue weighted by Gasteiger charge is 2.32. The highest BCUT2D eigenvalue weighted by molar-refractivity contribution is 6.31. The zero-order valence-electron chi connectivity index (χ0n) is 19.9. The van der Waals surface area contributed by atoms with Crippen molar-refractivity contribution in [2.45, 2.75) is 51.5 Å². The van der Waals surface area contributed by atoms with E-state index in [1.807, 2.05) is 19.2 Å². The number of benzene rings is 1. The molecule has 3 aromatic rings. The third kappa shape index (κ3) is 4.74. The van der Waals surface area contributed by atoms with Crippen LogP contribution in [0.2, 0.25) is 5.02 Å². The SMILES string of the molecule is Cc1cn2nc([C@@H]3CCCCN3C(=O)c3cc(Cl)ccc3NC(=O)C(F)F)cc2nc1N1CCCC1. The van der Waals surface area contributed by atoms with Crippen molar-refractivity contribution in [3.63, 3.8) is 0 Å². The van der Waals surface area contributed by atoms with Gasteiger partial charge in [-0.2, -0.15) is 13.9 Å². The predicted octanol–water partition coefficient (Wildman–Crippen LogP) is 4.86. The number of aromatic nitrogens is 3. The third-order valence-electron chi connectivity index (χ3n) is 6.80. The molecule has 0 bridgehead atoms. The fraction of sp³-hybridized carbons (Fsp3) is 0.440. The van der Waals surface area contributed by atoms with Gasteiger partial charge in [0.1, 0.15) is 5.82 Å². The number of hydrogen-bond acceptors (Lipinski definition) is 5. The van der Waals surface area contributed by atoms with Gasteiger partial charge in [0.15, 0.2) is 5.65 Å². The first-order valence-electron chi connectivity index (χ1n) is 12.1. The van der Waals surface area contributed by atoms with Gasteiger partial charge in [-0.3, -0.25) is 9.59 Å². The van der Waals surface area contributed by atoms with Crippen LogP contribution >= 0.6 is 11.6 Å². The highest BCUT2D eigenvalue weighted by Crippen LogP contribution is 2.34. The van der Waals surface area contributed by atoms with Crippen LogP contribution in [0.4, 0.5) is 20.3 Å². The minimum Gasteiger partial charge on any atom is -0.356 e. The second kappa shape index (κ2) is 10.0. The molecule has 2 fully saturated rings. The number of carbonyl (C=O) groups excluding carboxylic acids is 2. The second-order valence-electron chi connectivity index (χ2n) is 9.30. The number of fused-ring (bicyclic) bond motifs is 1. The Kier molecular flexibility index (Phi) is 6.79. The summed E-state index contributed by atoms with van der Waals surface area (Å²) in [6.45, 7) is 4.46. The molecule has 1 N–H and O–H groups in total. The summed E-state index contributed by atoms with van der Waals surface area (Å²) in [5, 5.41) is 7.16. The molecule has 0 radical (unpaired) electrons. The van der Waals surface area contributed by atoms with Gasteiger partial charge in [-0.05, 0) is 57.2 Å². The molecule has 1 atom stereocenters. The van der Waals surface area contributed by atoms with Crippen molar-refractivity contribution in [3.8, 4) is 0 Å². The first-order chi connectivity index (χ1) is 17.3. The number of nitrogens with zero attached hydrogens (tertiary/aromatic N) is 5. The maximum atomic E-state index is 13.7. The van der Waals surface area contributed by atoms with Gasteiger partial charge in [-0.25, -0.2) is 9.50 Å². The molecule has 2 aliphatic rings. The molecule has 11 heteroatoms. The van der Waals surface area contributed by atoms with Crippen LogP contribution in [0, 0.1) is 6.92 Å². The Bertz CT molecular complexity index is 1310. The van der Waals surface area contributed by atoms with Crippen molar-refractivity contribution >= 4 is 40.6 Å². The van der Waals surface area contributed by atoms with Crippen molar-refractivity contribution in [1.82, 2.24) is 19.5 Å². The lowest BCUT2D eigenvalue weighted by Gasteiger charge is -2.35. The largest absolute Gasteiger partial charge is 0.356 e. The second-order valence-corrected chi connectivity index (χ2v) is 9.74. The Labute approximate surface area is 212 Å². The quantitative estimate of drug-likeness (QED) is 0.523. The van der Waals surface area contributed by atoms with Crippen LogP contribution in [-0.2, 0) is 4.79 Å². The van der Waals surface area contributed by atoms with Crippen LogP contribution in [-0.4, -0.2) is 57.4 Å². The molecule has 0 aliphatic carbocycles. The van der Waals surface area contributed by atoms with Crippen molar-refractivity contribution in [3.05, 3.63) is 52.3 Å². The van der Waals surface area contributed by atoms with Crippen LogP contribution in [0.3, 0.4) is 0 Å². The minimum absolute atomic E-state index is 0.00145. The molecular formula is C25H27ClF2N6O2. The Hall–Kier alpha value is -3.27. The molecule has 2 saturated heterocycles. The number of likely N-dealkylation sites (tertiary alicyclic amines) is 1. The van der Waals surface area contributed by atoms with Crippen molar-refractivity contribution in [1.29, 1.82) is 0 Å². The third-order valence-corrected chi connectivity index (χ3v) is 7.04. The number of rotatable bonds is 5. The molecule has 2 aromatic heterocycles. The van der Waals surface area contributed by atoms with E-state index in [0.717, 1.165) is 50.2 Å². The van der Waals surface area contributed by atoms with Crippen LogP contribution in [0.5, 0.6) is 0 Å². The number of anilines is 2. The normalized spacial score (nSPS) is 18.3. The molecule has 190 valence electrons. The number of piperidine rings is 1. The molecule has 36 heavy (non-hydrogen) atoms. The van der Waals surface area contributed by atoms with E-state index in [1.54, 1.807) is 9.42 Å². The summed E-state index contributed by atoms with van der Waals surface area (Å²) in [7, 11) is 0. The molecule has 4 heterocycles.